The van der Waals surface area contributed by atoms with E-state index in [0.29, 0.717) is 36.2 Å². The first-order valence-electron chi connectivity index (χ1n) is 5.53. The number of morpholine rings is 1. The zero-order chi connectivity index (χ0) is 13.1. The van der Waals surface area contributed by atoms with Crippen LogP contribution in [0, 0.1) is 3.57 Å². The van der Waals surface area contributed by atoms with Crippen molar-refractivity contribution in [2.75, 3.05) is 25.6 Å². The first kappa shape index (κ1) is 14.4. The molecule has 1 fully saturated rings. The summed E-state index contributed by atoms with van der Waals surface area (Å²) < 4.78 is 6.34. The molecule has 1 saturated heterocycles. The Morgan fingerprint density at radius 1 is 1.56 bits per heavy atom. The summed E-state index contributed by atoms with van der Waals surface area (Å²) in [6.07, 6.45) is -0.0822. The van der Waals surface area contributed by atoms with Crippen molar-refractivity contribution in [2.24, 2.45) is 0 Å². The summed E-state index contributed by atoms with van der Waals surface area (Å²) in [7, 11) is 0. The molecule has 0 saturated carbocycles. The molecule has 1 amide bonds. The Hall–Kier alpha value is -0.0400. The molecule has 0 bridgehead atoms. The van der Waals surface area contributed by atoms with Gasteiger partial charge < -0.3 is 9.64 Å². The van der Waals surface area contributed by atoms with Gasteiger partial charge in [0.1, 0.15) is 0 Å². The first-order chi connectivity index (χ1) is 8.61. The Labute approximate surface area is 130 Å². The van der Waals surface area contributed by atoms with E-state index in [1.54, 1.807) is 17.0 Å². The van der Waals surface area contributed by atoms with Crippen molar-refractivity contribution in [2.45, 2.75) is 6.10 Å². The van der Waals surface area contributed by atoms with Crippen LogP contribution in [0.15, 0.2) is 18.2 Å². The van der Waals surface area contributed by atoms with Crippen molar-refractivity contribution >= 4 is 51.7 Å². The van der Waals surface area contributed by atoms with E-state index in [1.807, 2.05) is 6.07 Å². The summed E-state index contributed by atoms with van der Waals surface area (Å²) in [4.78, 5) is 14.2. The third-order valence-corrected chi connectivity index (χ3v) is 4.28. The number of halogens is 3. The van der Waals surface area contributed by atoms with Gasteiger partial charge in [0, 0.05) is 21.7 Å². The van der Waals surface area contributed by atoms with E-state index in [9.17, 15) is 4.79 Å². The van der Waals surface area contributed by atoms with E-state index in [-0.39, 0.29) is 12.0 Å². The first-order valence-corrected chi connectivity index (χ1v) is 7.53. The topological polar surface area (TPSA) is 29.5 Å². The second-order valence-electron chi connectivity index (χ2n) is 4.02. The molecule has 1 aliphatic heterocycles. The van der Waals surface area contributed by atoms with Crippen molar-refractivity contribution in [3.8, 4) is 0 Å². The van der Waals surface area contributed by atoms with Crippen LogP contribution >= 0.6 is 45.8 Å². The Morgan fingerprint density at radius 3 is 3.06 bits per heavy atom. The Morgan fingerprint density at radius 2 is 2.33 bits per heavy atom. The van der Waals surface area contributed by atoms with E-state index in [0.717, 1.165) is 3.57 Å². The van der Waals surface area contributed by atoms with Gasteiger partial charge in [0.2, 0.25) is 0 Å². The van der Waals surface area contributed by atoms with Gasteiger partial charge >= 0.3 is 0 Å². The molecule has 1 heterocycles. The van der Waals surface area contributed by atoms with E-state index < -0.39 is 0 Å². The molecular formula is C12H12Cl2INO2. The predicted molar refractivity (Wildman–Crippen MR) is 80.5 cm³/mol. The lowest BCUT2D eigenvalue weighted by atomic mass is 10.2. The number of carbonyl (C=O) groups is 1. The van der Waals surface area contributed by atoms with Crippen molar-refractivity contribution in [1.82, 2.24) is 4.90 Å². The molecule has 2 rings (SSSR count). The summed E-state index contributed by atoms with van der Waals surface area (Å²) >= 11 is 13.8. The van der Waals surface area contributed by atoms with Crippen LogP contribution in [0.5, 0.6) is 0 Å². The third kappa shape index (κ3) is 3.29. The zero-order valence-electron chi connectivity index (χ0n) is 9.54. The number of nitrogens with zero attached hydrogens (tertiary/aromatic N) is 1. The molecular weight excluding hydrogens is 388 g/mol. The van der Waals surface area contributed by atoms with Crippen LogP contribution in [-0.4, -0.2) is 42.5 Å². The van der Waals surface area contributed by atoms with E-state index >= 15 is 0 Å². The highest BCUT2D eigenvalue weighted by atomic mass is 127. The molecule has 18 heavy (non-hydrogen) atoms. The average Bonchev–Trinajstić information content (AvgIpc) is 2.41. The summed E-state index contributed by atoms with van der Waals surface area (Å²) in [6.45, 7) is 1.65. The minimum absolute atomic E-state index is 0.0136. The fourth-order valence-electron chi connectivity index (χ4n) is 1.83. The zero-order valence-corrected chi connectivity index (χ0v) is 13.2. The van der Waals surface area contributed by atoms with Gasteiger partial charge in [-0.1, -0.05) is 11.6 Å². The van der Waals surface area contributed by atoms with Crippen molar-refractivity contribution in [3.63, 3.8) is 0 Å². The lowest BCUT2D eigenvalue weighted by Gasteiger charge is -2.32. The van der Waals surface area contributed by atoms with Crippen LogP contribution in [0.1, 0.15) is 10.4 Å². The number of hydrogen-bond acceptors (Lipinski definition) is 2. The van der Waals surface area contributed by atoms with Gasteiger partial charge in [-0.05, 0) is 40.8 Å². The number of amides is 1. The number of hydrogen-bond donors (Lipinski definition) is 0. The van der Waals surface area contributed by atoms with E-state index in [4.69, 9.17) is 27.9 Å². The predicted octanol–water partition coefficient (Wildman–Crippen LogP) is 3.02. The maximum absolute atomic E-state index is 12.4. The molecule has 0 spiro atoms. The standard InChI is InChI=1S/C12H12Cl2INO2/c13-6-9-7-16(3-4-18-9)12(17)10-5-8(14)1-2-11(10)15/h1-2,5,9H,3-4,6-7H2. The summed E-state index contributed by atoms with van der Waals surface area (Å²) in [5.74, 6) is 0.386. The largest absolute Gasteiger partial charge is 0.373 e. The van der Waals surface area contributed by atoms with Crippen LogP contribution in [0.3, 0.4) is 0 Å². The Balaban J connectivity index is 2.17. The van der Waals surface area contributed by atoms with E-state index in [1.165, 1.54) is 0 Å². The molecule has 0 aromatic heterocycles. The fraction of sp³-hybridized carbons (Fsp3) is 0.417. The second-order valence-corrected chi connectivity index (χ2v) is 5.93. The Kier molecular flexibility index (Phi) is 5.12. The minimum Gasteiger partial charge on any atom is -0.373 e. The summed E-state index contributed by atoms with van der Waals surface area (Å²) in [6, 6.07) is 5.33. The van der Waals surface area contributed by atoms with Crippen LogP contribution in [0.25, 0.3) is 0 Å². The molecule has 0 radical (unpaired) electrons. The molecule has 98 valence electrons. The van der Waals surface area contributed by atoms with Crippen LogP contribution in [0.4, 0.5) is 0 Å². The highest BCUT2D eigenvalue weighted by Crippen LogP contribution is 2.20. The average molecular weight is 400 g/mol. The number of ether oxygens (including phenoxy) is 1. The molecule has 3 nitrogen and oxygen atoms in total. The van der Waals surface area contributed by atoms with Gasteiger partial charge in [0.15, 0.2) is 0 Å². The van der Waals surface area contributed by atoms with Gasteiger partial charge in [0.05, 0.1) is 24.2 Å². The summed E-state index contributed by atoms with van der Waals surface area (Å²) in [5.41, 5.74) is 0.637. The lowest BCUT2D eigenvalue weighted by molar-refractivity contribution is -0.0108. The third-order valence-electron chi connectivity index (χ3n) is 2.76. The molecule has 1 aromatic rings. The molecule has 1 unspecified atom stereocenters. The number of benzene rings is 1. The van der Waals surface area contributed by atoms with Gasteiger partial charge in [0.25, 0.3) is 5.91 Å². The number of alkyl halides is 1. The molecule has 0 aliphatic carbocycles. The van der Waals surface area contributed by atoms with Crippen molar-refractivity contribution in [1.29, 1.82) is 0 Å². The molecule has 1 aliphatic rings. The van der Waals surface area contributed by atoms with Crippen LogP contribution < -0.4 is 0 Å². The molecule has 0 N–H and O–H groups in total. The lowest BCUT2D eigenvalue weighted by Crippen LogP contribution is -2.46. The van der Waals surface area contributed by atoms with Crippen molar-refractivity contribution in [3.05, 3.63) is 32.4 Å². The van der Waals surface area contributed by atoms with Gasteiger partial charge in [-0.25, -0.2) is 0 Å². The summed E-state index contributed by atoms with van der Waals surface area (Å²) in [5, 5.41) is 0.570. The fourth-order valence-corrected chi connectivity index (χ4v) is 2.75. The monoisotopic (exact) mass is 399 g/mol. The van der Waals surface area contributed by atoms with Gasteiger partial charge in [-0.2, -0.15) is 0 Å². The van der Waals surface area contributed by atoms with Crippen LogP contribution in [-0.2, 0) is 4.74 Å². The van der Waals surface area contributed by atoms with Gasteiger partial charge in [-0.15, -0.1) is 11.6 Å². The highest BCUT2D eigenvalue weighted by Gasteiger charge is 2.25. The normalized spacial score (nSPS) is 19.9. The highest BCUT2D eigenvalue weighted by molar-refractivity contribution is 14.1. The maximum atomic E-state index is 12.4. The molecule has 1 atom stereocenters. The Bertz CT molecular complexity index is 456. The SMILES string of the molecule is O=C(c1cc(Cl)ccc1I)N1CCOC(CCl)C1. The van der Waals surface area contributed by atoms with E-state index in [2.05, 4.69) is 22.6 Å². The number of rotatable bonds is 2. The minimum atomic E-state index is -0.0822. The molecule has 1 aromatic carbocycles. The number of carbonyl (C=O) groups excluding carboxylic acids is 1. The van der Waals surface area contributed by atoms with Crippen molar-refractivity contribution < 1.29 is 9.53 Å². The van der Waals surface area contributed by atoms with Gasteiger partial charge in [-0.3, -0.25) is 4.79 Å². The quantitative estimate of drug-likeness (QED) is 0.565. The second kappa shape index (κ2) is 6.41. The molecule has 6 heteroatoms. The van der Waals surface area contributed by atoms with Crippen LogP contribution in [0.2, 0.25) is 5.02 Å². The maximum Gasteiger partial charge on any atom is 0.255 e. The smallest absolute Gasteiger partial charge is 0.255 e.